The van der Waals surface area contributed by atoms with Crippen molar-refractivity contribution in [2.24, 2.45) is 5.10 Å². The molecule has 0 atom stereocenters. The minimum absolute atomic E-state index is 0.133. The molecule has 0 saturated carbocycles. The number of rotatable bonds is 7. The van der Waals surface area contributed by atoms with E-state index in [1.54, 1.807) is 0 Å². The summed E-state index contributed by atoms with van der Waals surface area (Å²) in [5.74, 6) is -0.194. The monoisotopic (exact) mass is 529 g/mol. The molecular weight excluding hydrogens is 514 g/mol. The first-order valence-corrected chi connectivity index (χ1v) is 10.1. The Hall–Kier alpha value is -1.18. The van der Waals surface area contributed by atoms with E-state index in [-0.39, 0.29) is 12.5 Å². The van der Waals surface area contributed by atoms with Crippen LogP contribution in [0, 0.1) is 0 Å². The molecule has 25 heavy (non-hydrogen) atoms. The molecule has 0 aliphatic heterocycles. The van der Waals surface area contributed by atoms with Crippen LogP contribution in [0.2, 0.25) is 0 Å². The summed E-state index contributed by atoms with van der Waals surface area (Å²) in [5, 5.41) is 7.25. The van der Waals surface area contributed by atoms with Crippen molar-refractivity contribution in [1.82, 2.24) is 5.43 Å². The highest BCUT2D eigenvalue weighted by Gasteiger charge is 2.08. The minimum atomic E-state index is -0.194. The number of halogens is 3. The summed E-state index contributed by atoms with van der Waals surface area (Å²) in [7, 11) is 0. The second-order valence-electron chi connectivity index (χ2n) is 5.47. The van der Waals surface area contributed by atoms with Gasteiger partial charge in [0.1, 0.15) is 0 Å². The zero-order valence-corrected chi connectivity index (χ0v) is 18.4. The molecule has 0 aromatic heterocycles. The second kappa shape index (κ2) is 10.1. The van der Waals surface area contributed by atoms with E-state index in [0.717, 1.165) is 37.7 Å². The lowest BCUT2D eigenvalue weighted by Gasteiger charge is -2.11. The van der Waals surface area contributed by atoms with Gasteiger partial charge in [0.2, 0.25) is 0 Å². The number of hydrogen-bond acceptors (Lipinski definition) is 3. The topological polar surface area (TPSA) is 53.5 Å². The summed E-state index contributed by atoms with van der Waals surface area (Å²) in [6, 6.07) is 14.0. The van der Waals surface area contributed by atoms with E-state index in [9.17, 15) is 4.79 Å². The number of hydrazone groups is 1. The molecule has 0 unspecified atom stereocenters. The van der Waals surface area contributed by atoms with Crippen LogP contribution in [0.25, 0.3) is 0 Å². The van der Waals surface area contributed by atoms with Crippen LogP contribution in [0.3, 0.4) is 0 Å². The Morgan fingerprint density at radius 2 is 1.72 bits per heavy atom. The van der Waals surface area contributed by atoms with Crippen molar-refractivity contribution in [3.8, 4) is 0 Å². The van der Waals surface area contributed by atoms with E-state index in [0.29, 0.717) is 0 Å². The van der Waals surface area contributed by atoms with Gasteiger partial charge < -0.3 is 5.32 Å². The van der Waals surface area contributed by atoms with Crippen LogP contribution < -0.4 is 10.7 Å². The molecule has 0 saturated heterocycles. The van der Waals surface area contributed by atoms with Crippen molar-refractivity contribution < 1.29 is 4.79 Å². The van der Waals surface area contributed by atoms with Gasteiger partial charge in [0.25, 0.3) is 5.91 Å². The zero-order chi connectivity index (χ0) is 18.2. The molecule has 132 valence electrons. The van der Waals surface area contributed by atoms with E-state index in [1.807, 2.05) is 37.3 Å². The zero-order valence-electron chi connectivity index (χ0n) is 13.7. The quantitative estimate of drug-likeness (QED) is 0.365. The highest BCUT2D eigenvalue weighted by atomic mass is 79.9. The molecule has 2 rings (SSSR count). The van der Waals surface area contributed by atoms with Gasteiger partial charge in [-0.05, 0) is 69.3 Å². The SMILES string of the molecule is C/C(CCc1ccccc1)=N\NC(=O)CNc1c(Br)cc(Br)cc1Br. The van der Waals surface area contributed by atoms with Gasteiger partial charge in [0, 0.05) is 19.1 Å². The van der Waals surface area contributed by atoms with Crippen LogP contribution in [-0.2, 0) is 11.2 Å². The van der Waals surface area contributed by atoms with Crippen molar-refractivity contribution in [2.45, 2.75) is 19.8 Å². The number of hydrogen-bond donors (Lipinski definition) is 2. The molecule has 0 radical (unpaired) electrons. The number of nitrogens with one attached hydrogen (secondary N) is 2. The van der Waals surface area contributed by atoms with Gasteiger partial charge in [0.15, 0.2) is 0 Å². The fourth-order valence-corrected chi connectivity index (χ4v) is 4.64. The molecule has 7 heteroatoms. The van der Waals surface area contributed by atoms with Gasteiger partial charge in [0.05, 0.1) is 12.2 Å². The van der Waals surface area contributed by atoms with E-state index >= 15 is 0 Å². The van der Waals surface area contributed by atoms with Gasteiger partial charge in [-0.25, -0.2) is 5.43 Å². The maximum absolute atomic E-state index is 12.0. The Kier molecular flexibility index (Phi) is 8.12. The third-order valence-electron chi connectivity index (χ3n) is 3.42. The van der Waals surface area contributed by atoms with Crippen molar-refractivity contribution in [3.63, 3.8) is 0 Å². The molecule has 0 fully saturated rings. The lowest BCUT2D eigenvalue weighted by atomic mass is 10.1. The Balaban J connectivity index is 1.80. The van der Waals surface area contributed by atoms with Crippen LogP contribution in [-0.4, -0.2) is 18.2 Å². The molecule has 2 aromatic rings. The van der Waals surface area contributed by atoms with Gasteiger partial charge in [-0.15, -0.1) is 0 Å². The molecule has 0 aliphatic carbocycles. The van der Waals surface area contributed by atoms with Crippen molar-refractivity contribution in [1.29, 1.82) is 0 Å². The summed E-state index contributed by atoms with van der Waals surface area (Å²) in [5.41, 5.74) is 5.56. The number of amides is 1. The summed E-state index contributed by atoms with van der Waals surface area (Å²) < 4.78 is 2.67. The van der Waals surface area contributed by atoms with E-state index < -0.39 is 0 Å². The number of carbonyl (C=O) groups excluding carboxylic acids is 1. The Bertz CT molecular complexity index is 740. The lowest BCUT2D eigenvalue weighted by molar-refractivity contribution is -0.119. The maximum Gasteiger partial charge on any atom is 0.259 e. The first-order chi connectivity index (χ1) is 12.0. The van der Waals surface area contributed by atoms with Gasteiger partial charge in [-0.2, -0.15) is 5.10 Å². The molecule has 2 N–H and O–H groups in total. The fraction of sp³-hybridized carbons (Fsp3) is 0.222. The Morgan fingerprint density at radius 3 is 2.36 bits per heavy atom. The van der Waals surface area contributed by atoms with Gasteiger partial charge in [-0.1, -0.05) is 46.3 Å². The third-order valence-corrected chi connectivity index (χ3v) is 5.13. The summed E-state index contributed by atoms with van der Waals surface area (Å²) in [6.07, 6.45) is 1.71. The number of benzene rings is 2. The summed E-state index contributed by atoms with van der Waals surface area (Å²) in [4.78, 5) is 12.0. The maximum atomic E-state index is 12.0. The molecule has 0 aliphatic rings. The van der Waals surface area contributed by atoms with Crippen LogP contribution in [0.5, 0.6) is 0 Å². The standard InChI is InChI=1S/C18H18Br3N3O/c1-12(7-8-13-5-3-2-4-6-13)23-24-17(25)11-22-18-15(20)9-14(19)10-16(18)21/h2-6,9-10,22H,7-8,11H2,1H3,(H,24,25)/b23-12+. The second-order valence-corrected chi connectivity index (χ2v) is 8.09. The van der Waals surface area contributed by atoms with E-state index in [2.05, 4.69) is 75.8 Å². The van der Waals surface area contributed by atoms with Crippen LogP contribution >= 0.6 is 47.8 Å². The average Bonchev–Trinajstić information content (AvgIpc) is 2.58. The molecule has 4 nitrogen and oxygen atoms in total. The van der Waals surface area contributed by atoms with Gasteiger partial charge >= 0.3 is 0 Å². The van der Waals surface area contributed by atoms with Crippen LogP contribution in [0.15, 0.2) is 61.0 Å². The fourth-order valence-electron chi connectivity index (χ4n) is 2.10. The molecular formula is C18H18Br3N3O. The van der Waals surface area contributed by atoms with Crippen LogP contribution in [0.1, 0.15) is 18.9 Å². The lowest BCUT2D eigenvalue weighted by Crippen LogP contribution is -2.27. The Labute approximate surface area is 172 Å². The van der Waals surface area contributed by atoms with Gasteiger partial charge in [-0.3, -0.25) is 4.79 Å². The molecule has 0 spiro atoms. The third kappa shape index (κ3) is 6.92. The predicted octanol–water partition coefficient (Wildman–Crippen LogP) is 5.51. The Morgan fingerprint density at radius 1 is 1.08 bits per heavy atom. The number of aryl methyl sites for hydroxylation is 1. The molecule has 2 aromatic carbocycles. The summed E-state index contributed by atoms with van der Waals surface area (Å²) >= 11 is 10.4. The molecule has 0 bridgehead atoms. The van der Waals surface area contributed by atoms with Crippen LogP contribution in [0.4, 0.5) is 5.69 Å². The number of carbonyl (C=O) groups is 1. The van der Waals surface area contributed by atoms with Crippen molar-refractivity contribution in [3.05, 3.63) is 61.4 Å². The molecule has 0 heterocycles. The average molecular weight is 532 g/mol. The highest BCUT2D eigenvalue weighted by Crippen LogP contribution is 2.34. The van der Waals surface area contributed by atoms with E-state index in [4.69, 9.17) is 0 Å². The number of anilines is 1. The highest BCUT2D eigenvalue weighted by molar-refractivity contribution is 9.11. The van der Waals surface area contributed by atoms with E-state index in [1.165, 1.54) is 5.56 Å². The largest absolute Gasteiger partial charge is 0.374 e. The molecule has 1 amide bonds. The number of nitrogens with zero attached hydrogens (tertiary/aromatic N) is 1. The normalized spacial score (nSPS) is 11.3. The van der Waals surface area contributed by atoms with Crippen molar-refractivity contribution >= 4 is 65.1 Å². The minimum Gasteiger partial charge on any atom is -0.374 e. The first kappa shape index (κ1) is 20.1. The summed E-state index contributed by atoms with van der Waals surface area (Å²) in [6.45, 7) is 2.05. The van der Waals surface area contributed by atoms with Crippen molar-refractivity contribution in [2.75, 3.05) is 11.9 Å². The first-order valence-electron chi connectivity index (χ1n) is 7.70. The smallest absolute Gasteiger partial charge is 0.259 e. The predicted molar refractivity (Wildman–Crippen MR) is 114 cm³/mol.